The summed E-state index contributed by atoms with van der Waals surface area (Å²) in [6, 6.07) is 4.19. The first-order valence-corrected chi connectivity index (χ1v) is 15.4. The molecule has 11 nitrogen and oxygen atoms in total. The molecule has 1 unspecified atom stereocenters. The molecule has 0 aliphatic heterocycles. The second-order valence-electron chi connectivity index (χ2n) is 13.1. The summed E-state index contributed by atoms with van der Waals surface area (Å²) in [6.45, 7) is 14.8. The quantitative estimate of drug-likeness (QED) is 0.175. The number of hydrogen-bond acceptors (Lipinski definition) is 6. The highest BCUT2D eigenvalue weighted by Gasteiger charge is 2.41. The Hall–Kier alpha value is -3.25. The van der Waals surface area contributed by atoms with E-state index in [-0.39, 0.29) is 29.7 Å². The lowest BCUT2D eigenvalue weighted by molar-refractivity contribution is -0.142. The van der Waals surface area contributed by atoms with E-state index >= 15 is 0 Å². The zero-order chi connectivity index (χ0) is 34.2. The Morgan fingerprint density at radius 1 is 1.00 bits per heavy atom. The number of amides is 3. The van der Waals surface area contributed by atoms with Gasteiger partial charge in [0.15, 0.2) is 0 Å². The molecule has 0 aromatic heterocycles. The Bertz CT molecular complexity index is 1240. The lowest BCUT2D eigenvalue weighted by atomic mass is 9.76. The number of carbonyl (C=O) groups is 5. The minimum Gasteiger partial charge on any atom is -0.481 e. The van der Waals surface area contributed by atoms with E-state index in [0.717, 1.165) is 10.0 Å². The predicted octanol–water partition coefficient (Wildman–Crippen LogP) is 3.71. The zero-order valence-corrected chi connectivity index (χ0v) is 29.0. The SMILES string of the molecule is CN[C@@H](C(=O)NC(C(=O)N(C)[C@H](/C=C(\C)C(=O)N[C@H](CCC(=O)O)C(=O)O)C(C)C)C(C)(C)C)C(C)(C)c1cccc(Br)c1. The molecule has 0 saturated heterocycles. The number of likely N-dealkylation sites (N-methyl/N-ethyl adjacent to an activating group) is 2. The highest BCUT2D eigenvalue weighted by molar-refractivity contribution is 9.10. The van der Waals surface area contributed by atoms with Gasteiger partial charge in [0.05, 0.1) is 12.1 Å². The third kappa shape index (κ3) is 10.7. The van der Waals surface area contributed by atoms with Crippen molar-refractivity contribution in [3.63, 3.8) is 0 Å². The highest BCUT2D eigenvalue weighted by Crippen LogP contribution is 2.30. The van der Waals surface area contributed by atoms with Crippen LogP contribution in [0.3, 0.4) is 0 Å². The van der Waals surface area contributed by atoms with Crippen molar-refractivity contribution in [2.75, 3.05) is 14.1 Å². The Kier molecular flexibility index (Phi) is 14.3. The minimum absolute atomic E-state index is 0.147. The first-order chi connectivity index (χ1) is 20.1. The second-order valence-corrected chi connectivity index (χ2v) is 14.0. The summed E-state index contributed by atoms with van der Waals surface area (Å²) in [5.74, 6) is -4.03. The Balaban J connectivity index is 3.30. The molecule has 3 amide bonds. The van der Waals surface area contributed by atoms with Crippen LogP contribution in [-0.4, -0.2) is 83.0 Å². The number of carboxylic acid groups (broad SMARTS) is 2. The number of nitrogens with one attached hydrogen (secondary N) is 3. The van der Waals surface area contributed by atoms with Crippen LogP contribution in [0.2, 0.25) is 0 Å². The van der Waals surface area contributed by atoms with Crippen LogP contribution in [0.5, 0.6) is 0 Å². The maximum Gasteiger partial charge on any atom is 0.326 e. The largest absolute Gasteiger partial charge is 0.481 e. The number of hydrogen-bond donors (Lipinski definition) is 5. The number of benzene rings is 1. The van der Waals surface area contributed by atoms with Crippen molar-refractivity contribution in [1.29, 1.82) is 0 Å². The van der Waals surface area contributed by atoms with Crippen molar-refractivity contribution in [1.82, 2.24) is 20.9 Å². The van der Waals surface area contributed by atoms with Gasteiger partial charge in [-0.2, -0.15) is 0 Å². The van der Waals surface area contributed by atoms with Crippen LogP contribution in [0.4, 0.5) is 0 Å². The molecule has 1 rings (SSSR count). The molecule has 4 atom stereocenters. The van der Waals surface area contributed by atoms with Crippen molar-refractivity contribution in [2.45, 2.75) is 97.8 Å². The molecular formula is C32H49BrN4O7. The van der Waals surface area contributed by atoms with Crippen LogP contribution < -0.4 is 16.0 Å². The van der Waals surface area contributed by atoms with E-state index < -0.39 is 59.3 Å². The molecule has 44 heavy (non-hydrogen) atoms. The molecule has 12 heteroatoms. The summed E-state index contributed by atoms with van der Waals surface area (Å²) in [7, 11) is 3.31. The predicted molar refractivity (Wildman–Crippen MR) is 173 cm³/mol. The van der Waals surface area contributed by atoms with Gasteiger partial charge in [-0.25, -0.2) is 4.79 Å². The molecular weight excluding hydrogens is 632 g/mol. The maximum absolute atomic E-state index is 14.0. The number of halogens is 1. The molecule has 0 spiro atoms. The molecule has 5 N–H and O–H groups in total. The van der Waals surface area contributed by atoms with Crippen LogP contribution in [-0.2, 0) is 29.4 Å². The molecule has 0 fully saturated rings. The average molecular weight is 682 g/mol. The molecule has 0 radical (unpaired) electrons. The number of nitrogens with zero attached hydrogens (tertiary/aromatic N) is 1. The fraction of sp³-hybridized carbons (Fsp3) is 0.594. The van der Waals surface area contributed by atoms with Crippen molar-refractivity contribution >= 4 is 45.6 Å². The summed E-state index contributed by atoms with van der Waals surface area (Å²) in [5.41, 5.74) is -0.196. The third-order valence-electron chi connectivity index (χ3n) is 7.75. The number of carboxylic acids is 2. The van der Waals surface area contributed by atoms with Crippen molar-refractivity contribution < 1.29 is 34.2 Å². The summed E-state index contributed by atoms with van der Waals surface area (Å²) in [4.78, 5) is 64.6. The van der Waals surface area contributed by atoms with E-state index in [1.165, 1.54) is 11.8 Å². The summed E-state index contributed by atoms with van der Waals surface area (Å²) >= 11 is 3.50. The molecule has 246 valence electrons. The monoisotopic (exact) mass is 680 g/mol. The van der Waals surface area contributed by atoms with Gasteiger partial charge in [0.25, 0.3) is 0 Å². The Morgan fingerprint density at radius 2 is 1.59 bits per heavy atom. The molecule has 0 heterocycles. The van der Waals surface area contributed by atoms with E-state index in [2.05, 4.69) is 31.9 Å². The van der Waals surface area contributed by atoms with Crippen LogP contribution in [0.1, 0.15) is 73.8 Å². The van der Waals surface area contributed by atoms with Gasteiger partial charge in [-0.15, -0.1) is 0 Å². The summed E-state index contributed by atoms with van der Waals surface area (Å²) < 4.78 is 0.887. The zero-order valence-electron chi connectivity index (χ0n) is 27.4. The molecule has 1 aromatic carbocycles. The van der Waals surface area contributed by atoms with Gasteiger partial charge in [-0.1, -0.05) is 82.6 Å². The van der Waals surface area contributed by atoms with Crippen molar-refractivity contribution in [3.8, 4) is 0 Å². The topological polar surface area (TPSA) is 165 Å². The summed E-state index contributed by atoms with van der Waals surface area (Å²) in [5, 5.41) is 26.8. The van der Waals surface area contributed by atoms with Gasteiger partial charge < -0.3 is 31.1 Å². The normalized spacial score (nSPS) is 15.1. The van der Waals surface area contributed by atoms with E-state index in [1.54, 1.807) is 20.2 Å². The molecule has 0 aliphatic rings. The van der Waals surface area contributed by atoms with Crippen LogP contribution >= 0.6 is 15.9 Å². The number of aliphatic carboxylic acids is 2. The van der Waals surface area contributed by atoms with Crippen molar-refractivity contribution in [3.05, 3.63) is 46.0 Å². The van der Waals surface area contributed by atoms with Gasteiger partial charge in [-0.05, 0) is 49.4 Å². The van der Waals surface area contributed by atoms with Crippen LogP contribution in [0.15, 0.2) is 40.4 Å². The Morgan fingerprint density at radius 3 is 2.05 bits per heavy atom. The lowest BCUT2D eigenvalue weighted by Crippen LogP contribution is -2.61. The van der Waals surface area contributed by atoms with E-state index in [4.69, 9.17) is 5.11 Å². The van der Waals surface area contributed by atoms with Crippen LogP contribution in [0.25, 0.3) is 0 Å². The minimum atomic E-state index is -1.37. The van der Waals surface area contributed by atoms with Gasteiger partial charge >= 0.3 is 11.9 Å². The lowest BCUT2D eigenvalue weighted by Gasteiger charge is -2.40. The number of rotatable bonds is 15. The highest BCUT2D eigenvalue weighted by atomic mass is 79.9. The molecule has 0 aliphatic carbocycles. The van der Waals surface area contributed by atoms with Gasteiger partial charge in [0.1, 0.15) is 12.1 Å². The average Bonchev–Trinajstić information content (AvgIpc) is 2.90. The first kappa shape index (κ1) is 38.8. The molecule has 1 aromatic rings. The summed E-state index contributed by atoms with van der Waals surface area (Å²) in [6.07, 6.45) is 0.900. The second kappa shape index (κ2) is 16.2. The van der Waals surface area contributed by atoms with Gasteiger partial charge in [0, 0.05) is 28.9 Å². The standard InChI is InChI=1S/C32H49BrN4O7/c1-18(2)23(16-19(3)27(40)35-22(30(43)44)14-15-24(38)39)37(10)29(42)26(31(4,5)6)36-28(41)25(34-9)32(7,8)20-12-11-13-21(33)17-20/h11-13,16-18,22-23,25-26,34H,14-15H2,1-10H3,(H,35,40)(H,36,41)(H,38,39)(H,43,44)/b19-16+/t22-,23-,25+,26?/m1/s1. The van der Waals surface area contributed by atoms with Crippen molar-refractivity contribution in [2.24, 2.45) is 11.3 Å². The Labute approximate surface area is 269 Å². The smallest absolute Gasteiger partial charge is 0.326 e. The third-order valence-corrected chi connectivity index (χ3v) is 8.24. The van der Waals surface area contributed by atoms with E-state index in [1.807, 2.05) is 72.7 Å². The molecule has 0 bridgehead atoms. The van der Waals surface area contributed by atoms with Crippen LogP contribution in [0, 0.1) is 11.3 Å². The van der Waals surface area contributed by atoms with E-state index in [9.17, 15) is 29.1 Å². The maximum atomic E-state index is 14.0. The number of carbonyl (C=O) groups excluding carboxylic acids is 3. The molecule has 0 saturated carbocycles. The fourth-order valence-electron chi connectivity index (χ4n) is 4.98. The van der Waals surface area contributed by atoms with E-state index in [0.29, 0.717) is 0 Å². The first-order valence-electron chi connectivity index (χ1n) is 14.6. The fourth-order valence-corrected chi connectivity index (χ4v) is 5.38. The van der Waals surface area contributed by atoms with Gasteiger partial charge in [0.2, 0.25) is 17.7 Å². The van der Waals surface area contributed by atoms with Gasteiger partial charge in [-0.3, -0.25) is 19.2 Å².